The Hall–Kier alpha value is -1.14. The van der Waals surface area contributed by atoms with Gasteiger partial charge in [-0.05, 0) is 0 Å². The summed E-state index contributed by atoms with van der Waals surface area (Å²) in [7, 11) is 1.11. The molecule has 0 spiro atoms. The quantitative estimate of drug-likeness (QED) is 0.420. The highest BCUT2D eigenvalue weighted by atomic mass is 17.2. The number of rotatable bonds is 5. The maximum absolute atomic E-state index is 10.2. The van der Waals surface area contributed by atoms with Gasteiger partial charge in [-0.2, -0.15) is 0 Å². The lowest BCUT2D eigenvalue weighted by Crippen LogP contribution is -2.26. The van der Waals surface area contributed by atoms with Crippen LogP contribution in [-0.2, 0) is 19.4 Å². The van der Waals surface area contributed by atoms with Crippen molar-refractivity contribution < 1.29 is 29.6 Å². The molecule has 0 radical (unpaired) electrons. The van der Waals surface area contributed by atoms with Gasteiger partial charge in [0.15, 0.2) is 6.10 Å². The van der Waals surface area contributed by atoms with Crippen LogP contribution in [0.15, 0.2) is 0 Å². The first-order valence-electron chi connectivity index (χ1n) is 2.72. The molecule has 6 nitrogen and oxygen atoms in total. The molecule has 64 valence electrons. The Bertz CT molecular complexity index is 153. The van der Waals surface area contributed by atoms with E-state index < -0.39 is 24.5 Å². The fourth-order valence-electron chi connectivity index (χ4n) is 0.437. The van der Waals surface area contributed by atoms with Crippen LogP contribution >= 0.6 is 0 Å². The Morgan fingerprint density at radius 3 is 2.27 bits per heavy atom. The van der Waals surface area contributed by atoms with Gasteiger partial charge in [-0.15, -0.1) is 0 Å². The molecule has 0 aliphatic carbocycles. The maximum atomic E-state index is 10.2. The molecule has 0 heterocycles. The molecule has 1 atom stereocenters. The highest BCUT2D eigenvalue weighted by Gasteiger charge is 2.22. The summed E-state index contributed by atoms with van der Waals surface area (Å²) in [5.74, 6) is -2.62. The van der Waals surface area contributed by atoms with E-state index in [1.807, 2.05) is 0 Å². The van der Waals surface area contributed by atoms with E-state index in [1.165, 1.54) is 0 Å². The fraction of sp³-hybridized carbons (Fsp3) is 0.600. The topological polar surface area (TPSA) is 93.1 Å². The maximum Gasteiger partial charge on any atom is 0.336 e. The standard InChI is InChI=1S/C5H8O6/c1-10-11-3(5(8)9)2-4(6)7/h3H,2H2,1H3,(H,6,7)(H,8,9). The van der Waals surface area contributed by atoms with E-state index >= 15 is 0 Å². The van der Waals surface area contributed by atoms with Crippen molar-refractivity contribution in [3.63, 3.8) is 0 Å². The zero-order valence-corrected chi connectivity index (χ0v) is 5.81. The van der Waals surface area contributed by atoms with Gasteiger partial charge in [0.1, 0.15) is 0 Å². The molecular weight excluding hydrogens is 156 g/mol. The lowest BCUT2D eigenvalue weighted by atomic mass is 10.3. The monoisotopic (exact) mass is 164 g/mol. The normalized spacial score (nSPS) is 12.5. The zero-order valence-electron chi connectivity index (χ0n) is 5.81. The van der Waals surface area contributed by atoms with Crippen LogP contribution in [0.2, 0.25) is 0 Å². The van der Waals surface area contributed by atoms with E-state index in [2.05, 4.69) is 9.78 Å². The van der Waals surface area contributed by atoms with Gasteiger partial charge >= 0.3 is 11.9 Å². The van der Waals surface area contributed by atoms with Crippen molar-refractivity contribution >= 4 is 11.9 Å². The first kappa shape index (κ1) is 9.86. The van der Waals surface area contributed by atoms with Gasteiger partial charge in [-0.25, -0.2) is 14.6 Å². The molecule has 0 aliphatic heterocycles. The second-order valence-electron chi connectivity index (χ2n) is 1.69. The first-order chi connectivity index (χ1) is 5.07. The smallest absolute Gasteiger partial charge is 0.336 e. The van der Waals surface area contributed by atoms with Crippen molar-refractivity contribution in [3.05, 3.63) is 0 Å². The van der Waals surface area contributed by atoms with Crippen molar-refractivity contribution in [1.82, 2.24) is 0 Å². The lowest BCUT2D eigenvalue weighted by Gasteiger charge is -2.06. The van der Waals surface area contributed by atoms with Gasteiger partial charge in [-0.1, -0.05) is 0 Å². The van der Waals surface area contributed by atoms with Crippen molar-refractivity contribution in [2.45, 2.75) is 12.5 Å². The number of carboxylic acid groups (broad SMARTS) is 2. The second-order valence-corrected chi connectivity index (χ2v) is 1.69. The molecule has 0 aliphatic rings. The van der Waals surface area contributed by atoms with Crippen molar-refractivity contribution in [1.29, 1.82) is 0 Å². The van der Waals surface area contributed by atoms with E-state index in [-0.39, 0.29) is 0 Å². The van der Waals surface area contributed by atoms with Gasteiger partial charge in [0, 0.05) is 0 Å². The summed E-state index contributed by atoms with van der Waals surface area (Å²) < 4.78 is 0. The number of aliphatic carboxylic acids is 2. The minimum atomic E-state index is -1.45. The molecular formula is C5H8O6. The predicted octanol–water partition coefficient (Wildman–Crippen LogP) is -0.508. The Labute approximate surface area is 62.3 Å². The molecule has 0 aromatic carbocycles. The Kier molecular flexibility index (Phi) is 4.16. The molecule has 0 bridgehead atoms. The van der Waals surface area contributed by atoms with Crippen LogP contribution in [0, 0.1) is 0 Å². The average molecular weight is 164 g/mol. The summed E-state index contributed by atoms with van der Waals surface area (Å²) in [4.78, 5) is 28.3. The number of hydrogen-bond acceptors (Lipinski definition) is 4. The van der Waals surface area contributed by atoms with Crippen LogP contribution < -0.4 is 0 Å². The summed E-state index contributed by atoms with van der Waals surface area (Å²) in [6.07, 6.45) is -2.07. The Morgan fingerprint density at radius 2 is 2.00 bits per heavy atom. The number of hydrogen-bond donors (Lipinski definition) is 2. The molecule has 0 fully saturated rings. The van der Waals surface area contributed by atoms with Crippen LogP contribution in [0.25, 0.3) is 0 Å². The molecule has 0 saturated carbocycles. The van der Waals surface area contributed by atoms with E-state index in [4.69, 9.17) is 10.2 Å². The van der Waals surface area contributed by atoms with E-state index in [9.17, 15) is 9.59 Å². The zero-order chi connectivity index (χ0) is 8.85. The molecule has 2 N–H and O–H groups in total. The van der Waals surface area contributed by atoms with Crippen LogP contribution in [0.3, 0.4) is 0 Å². The van der Waals surface area contributed by atoms with Gasteiger partial charge in [0.25, 0.3) is 0 Å². The molecule has 0 aromatic rings. The molecule has 0 saturated heterocycles. The van der Waals surface area contributed by atoms with Gasteiger partial charge in [0.05, 0.1) is 13.5 Å². The number of carboxylic acids is 2. The summed E-state index contributed by atoms with van der Waals surface area (Å²) in [6, 6.07) is 0. The third-order valence-electron chi connectivity index (χ3n) is 0.848. The molecule has 0 aromatic heterocycles. The minimum absolute atomic E-state index is 0.622. The first-order valence-corrected chi connectivity index (χ1v) is 2.72. The molecule has 0 amide bonds. The van der Waals surface area contributed by atoms with Gasteiger partial charge in [0.2, 0.25) is 0 Å². The van der Waals surface area contributed by atoms with Crippen LogP contribution in [0.4, 0.5) is 0 Å². The highest BCUT2D eigenvalue weighted by Crippen LogP contribution is 1.98. The summed E-state index contributed by atoms with van der Waals surface area (Å²) in [5.41, 5.74) is 0. The van der Waals surface area contributed by atoms with E-state index in [0.29, 0.717) is 0 Å². The van der Waals surface area contributed by atoms with E-state index in [1.54, 1.807) is 0 Å². The summed E-state index contributed by atoms with van der Waals surface area (Å²) in [5, 5.41) is 16.4. The van der Waals surface area contributed by atoms with E-state index in [0.717, 1.165) is 7.11 Å². The van der Waals surface area contributed by atoms with Crippen LogP contribution in [-0.4, -0.2) is 35.4 Å². The number of carbonyl (C=O) groups is 2. The predicted molar refractivity (Wildman–Crippen MR) is 31.8 cm³/mol. The van der Waals surface area contributed by atoms with Gasteiger partial charge in [-0.3, -0.25) is 4.79 Å². The Morgan fingerprint density at radius 1 is 1.45 bits per heavy atom. The van der Waals surface area contributed by atoms with Crippen molar-refractivity contribution in [3.8, 4) is 0 Å². The second kappa shape index (κ2) is 4.64. The molecule has 6 heteroatoms. The SMILES string of the molecule is COOC(CC(=O)O)C(=O)O. The average Bonchev–Trinajstić information content (AvgIpc) is 1.86. The highest BCUT2D eigenvalue weighted by molar-refractivity contribution is 5.79. The fourth-order valence-corrected chi connectivity index (χ4v) is 0.437. The molecule has 1 unspecified atom stereocenters. The van der Waals surface area contributed by atoms with Crippen molar-refractivity contribution in [2.75, 3.05) is 7.11 Å². The summed E-state index contributed by atoms with van der Waals surface area (Å²) in [6.45, 7) is 0. The minimum Gasteiger partial charge on any atom is -0.481 e. The van der Waals surface area contributed by atoms with Gasteiger partial charge < -0.3 is 10.2 Å². The molecule has 11 heavy (non-hydrogen) atoms. The third kappa shape index (κ3) is 4.29. The van der Waals surface area contributed by atoms with Crippen molar-refractivity contribution in [2.24, 2.45) is 0 Å². The lowest BCUT2D eigenvalue weighted by molar-refractivity contribution is -0.301. The molecule has 0 rings (SSSR count). The Balaban J connectivity index is 3.89. The largest absolute Gasteiger partial charge is 0.481 e. The van der Waals surface area contributed by atoms with Crippen LogP contribution in [0.1, 0.15) is 6.42 Å². The summed E-state index contributed by atoms with van der Waals surface area (Å²) >= 11 is 0. The van der Waals surface area contributed by atoms with Crippen LogP contribution in [0.5, 0.6) is 0 Å². The third-order valence-corrected chi connectivity index (χ3v) is 0.848.